The highest BCUT2D eigenvalue weighted by Gasteiger charge is 2.78. The first-order valence-corrected chi connectivity index (χ1v) is 19.2. The minimum absolute atomic E-state index is 0.0425. The number of hydrogen-bond donors (Lipinski definition) is 5. The summed E-state index contributed by atoms with van der Waals surface area (Å²) >= 11 is 0. The summed E-state index contributed by atoms with van der Waals surface area (Å²) in [5, 5.41) is 51.7. The van der Waals surface area contributed by atoms with Gasteiger partial charge >= 0.3 is 17.9 Å². The van der Waals surface area contributed by atoms with Gasteiger partial charge in [-0.3, -0.25) is 14.4 Å². The molecule has 2 bridgehead atoms. The van der Waals surface area contributed by atoms with Crippen molar-refractivity contribution in [3.63, 3.8) is 0 Å². The highest BCUT2D eigenvalue weighted by Crippen LogP contribution is 2.64. The summed E-state index contributed by atoms with van der Waals surface area (Å²) in [6, 6.07) is 9.97. The molecule has 1 saturated heterocycles. The Morgan fingerprint density at radius 3 is 2.21 bits per heavy atom. The van der Waals surface area contributed by atoms with E-state index in [1.54, 1.807) is 82.8 Å². The van der Waals surface area contributed by atoms with Crippen molar-refractivity contribution >= 4 is 29.6 Å². The van der Waals surface area contributed by atoms with E-state index in [9.17, 15) is 44.4 Å². The maximum atomic E-state index is 14.9. The Hall–Kier alpha value is -4.41. The number of carbonyl (C=O) groups is 5. The quantitative estimate of drug-likeness (QED) is 0.147. The maximum absolute atomic E-state index is 14.9. The lowest BCUT2D eigenvalue weighted by atomic mass is 9.44. The second-order valence-electron chi connectivity index (χ2n) is 17.9. The molecule has 3 aliphatic carbocycles. The first kappa shape index (κ1) is 42.2. The smallest absolute Gasteiger partial charge is 0.338 e. The van der Waals surface area contributed by atoms with Crippen LogP contribution in [0.1, 0.15) is 89.1 Å². The molecular formula is C42H54N2O13. The largest absolute Gasteiger partial charge is 0.456 e. The van der Waals surface area contributed by atoms with Crippen LogP contribution in [0.3, 0.4) is 0 Å². The van der Waals surface area contributed by atoms with Crippen molar-refractivity contribution in [2.24, 2.45) is 29.2 Å². The molecule has 0 radical (unpaired) electrons. The fraction of sp³-hybridized carbons (Fsp3) is 0.595. The van der Waals surface area contributed by atoms with E-state index in [2.05, 4.69) is 5.32 Å². The van der Waals surface area contributed by atoms with Crippen LogP contribution in [0.2, 0.25) is 0 Å². The number of hydrogen-bond acceptors (Lipinski definition) is 13. The third kappa shape index (κ3) is 6.61. The molecule has 1 aliphatic heterocycles. The van der Waals surface area contributed by atoms with Crippen LogP contribution >= 0.6 is 0 Å². The number of rotatable bonds is 8. The molecule has 57 heavy (non-hydrogen) atoms. The number of benzene rings is 1. The van der Waals surface area contributed by atoms with E-state index >= 15 is 0 Å². The predicted octanol–water partition coefficient (Wildman–Crippen LogP) is 2.18. The molecule has 5 N–H and O–H groups in total. The third-order valence-electron chi connectivity index (χ3n) is 13.1. The molecule has 4 aliphatic rings. The molecule has 15 nitrogen and oxygen atoms in total. The van der Waals surface area contributed by atoms with E-state index in [-0.39, 0.29) is 35.4 Å². The van der Waals surface area contributed by atoms with Crippen LogP contribution in [0.4, 0.5) is 0 Å². The van der Waals surface area contributed by atoms with Crippen molar-refractivity contribution in [1.82, 2.24) is 9.88 Å². The molecule has 15 heteroatoms. The van der Waals surface area contributed by atoms with E-state index < -0.39 is 112 Å². The highest BCUT2D eigenvalue weighted by atomic mass is 16.6. The highest BCUT2D eigenvalue weighted by molar-refractivity contribution is 5.95. The van der Waals surface area contributed by atoms with Crippen molar-refractivity contribution in [3.8, 4) is 0 Å². The van der Waals surface area contributed by atoms with Crippen LogP contribution < -0.4 is 5.32 Å². The van der Waals surface area contributed by atoms with Gasteiger partial charge in [-0.05, 0) is 54.7 Å². The van der Waals surface area contributed by atoms with Gasteiger partial charge in [0.15, 0.2) is 17.5 Å². The monoisotopic (exact) mass is 794 g/mol. The molecule has 2 aromatic rings. The molecule has 2 saturated carbocycles. The zero-order valence-corrected chi connectivity index (χ0v) is 33.8. The zero-order valence-electron chi connectivity index (χ0n) is 33.8. The second kappa shape index (κ2) is 14.5. The van der Waals surface area contributed by atoms with Crippen LogP contribution in [-0.2, 0) is 40.4 Å². The van der Waals surface area contributed by atoms with Crippen LogP contribution in [0.15, 0.2) is 59.8 Å². The Labute approximate surface area is 331 Å². The van der Waals surface area contributed by atoms with Crippen LogP contribution in [0, 0.1) is 22.2 Å². The van der Waals surface area contributed by atoms with Gasteiger partial charge in [-0.25, -0.2) is 9.59 Å². The molecule has 11 atom stereocenters. The van der Waals surface area contributed by atoms with Crippen molar-refractivity contribution < 1.29 is 63.3 Å². The average molecular weight is 795 g/mol. The summed E-state index contributed by atoms with van der Waals surface area (Å²) in [7, 11) is 1.67. The first-order chi connectivity index (χ1) is 26.4. The standard InChI is InChI=1S/C42H54N2O13/c1-21-25(55-37(52)30(48)32(38(3,4)5)43-35(50)24-16-13-17-44(24)9)19-42(53)34(56-36(51)23-14-11-10-12-15-23)31-40(8,33(49)29(47)28(21)39(42,6)7)26(46)18-27-41(31,20-54-27)57-22(2)45/h10-17,25-27,29-32,34,46-48,53H,18-20H2,1-9H3,(H,43,50)/t25-,26-,27+,29+,30+,31-,32+,34-,40+,41-,42+/m0/s1. The molecule has 0 unspecified atom stereocenters. The summed E-state index contributed by atoms with van der Waals surface area (Å²) in [6.45, 7) is 12.1. The van der Waals surface area contributed by atoms with Gasteiger partial charge in [0, 0.05) is 38.4 Å². The zero-order chi connectivity index (χ0) is 42.2. The normalized spacial score (nSPS) is 34.2. The number of ether oxygens (including phenoxy) is 4. The van der Waals surface area contributed by atoms with E-state index in [0.29, 0.717) is 0 Å². The number of amides is 1. The van der Waals surface area contributed by atoms with Gasteiger partial charge < -0.3 is 49.3 Å². The molecule has 3 fully saturated rings. The first-order valence-electron chi connectivity index (χ1n) is 19.2. The number of esters is 3. The Kier molecular flexibility index (Phi) is 10.7. The summed E-state index contributed by atoms with van der Waals surface area (Å²) in [5.41, 5.74) is -8.03. The maximum Gasteiger partial charge on any atom is 0.338 e. The Morgan fingerprint density at radius 2 is 1.67 bits per heavy atom. The van der Waals surface area contributed by atoms with Crippen molar-refractivity contribution in [2.75, 3.05) is 6.61 Å². The number of nitrogens with one attached hydrogen (secondary N) is 1. The van der Waals surface area contributed by atoms with E-state index in [4.69, 9.17) is 18.9 Å². The Balaban J connectivity index is 1.48. The topological polar surface area (TPSA) is 220 Å². The number of aliphatic hydroxyl groups is 4. The molecule has 2 heterocycles. The van der Waals surface area contributed by atoms with E-state index in [0.717, 1.165) is 6.92 Å². The van der Waals surface area contributed by atoms with Crippen molar-refractivity contribution in [2.45, 2.75) is 122 Å². The van der Waals surface area contributed by atoms with Crippen molar-refractivity contribution in [3.05, 3.63) is 71.1 Å². The Morgan fingerprint density at radius 1 is 1.02 bits per heavy atom. The van der Waals surface area contributed by atoms with Gasteiger partial charge in [0.2, 0.25) is 0 Å². The number of nitrogens with zero attached hydrogens (tertiary/aromatic N) is 1. The molecule has 6 rings (SSSR count). The van der Waals surface area contributed by atoms with Gasteiger partial charge in [0.25, 0.3) is 5.91 Å². The van der Waals surface area contributed by atoms with E-state index in [1.165, 1.54) is 26.0 Å². The summed E-state index contributed by atoms with van der Waals surface area (Å²) in [5.74, 6) is -5.80. The van der Waals surface area contributed by atoms with Crippen LogP contribution in [0.5, 0.6) is 0 Å². The van der Waals surface area contributed by atoms with Gasteiger partial charge in [-0.2, -0.15) is 0 Å². The number of fused-ring (bicyclic) bond motifs is 5. The lowest BCUT2D eigenvalue weighted by molar-refractivity contribution is -0.346. The van der Waals surface area contributed by atoms with Gasteiger partial charge in [-0.15, -0.1) is 0 Å². The lowest BCUT2D eigenvalue weighted by Gasteiger charge is -2.67. The average Bonchev–Trinajstić information content (AvgIpc) is 3.57. The second-order valence-corrected chi connectivity index (χ2v) is 17.9. The minimum atomic E-state index is -2.33. The Bertz CT molecular complexity index is 1980. The number of Topliss-reactive ketones (excluding diaryl/α,β-unsaturated/α-hetero) is 1. The van der Waals surface area contributed by atoms with Crippen LogP contribution in [-0.4, -0.2) is 115 Å². The van der Waals surface area contributed by atoms with Gasteiger partial charge in [-0.1, -0.05) is 52.8 Å². The molecule has 1 aromatic carbocycles. The minimum Gasteiger partial charge on any atom is -0.456 e. The fourth-order valence-corrected chi connectivity index (χ4v) is 9.80. The predicted molar refractivity (Wildman–Crippen MR) is 201 cm³/mol. The molecule has 1 amide bonds. The molecule has 310 valence electrons. The lowest BCUT2D eigenvalue weighted by Crippen LogP contribution is -2.81. The van der Waals surface area contributed by atoms with Gasteiger partial charge in [0.1, 0.15) is 35.7 Å². The van der Waals surface area contributed by atoms with E-state index in [1.807, 2.05) is 0 Å². The molecular weight excluding hydrogens is 740 g/mol. The number of aryl methyl sites for hydroxylation is 1. The van der Waals surface area contributed by atoms with Gasteiger partial charge in [0.05, 0.1) is 35.6 Å². The SMILES string of the molecule is CC(=O)O[C@@]12CO[C@@H]1C[C@H](O)[C@@]1(C)C(=O)[C@H](O)C3=C(C)[C@@H](OC(=O)[C@H](O)[C@@H](NC(=O)c4cccn4C)C(C)(C)C)C[C@@](O)([C@@H](OC(=O)c4ccccc4)[C@H]21)C3(C)C. The third-order valence-corrected chi connectivity index (χ3v) is 13.1. The summed E-state index contributed by atoms with van der Waals surface area (Å²) in [6.07, 6.45) is -8.64. The summed E-state index contributed by atoms with van der Waals surface area (Å²) in [4.78, 5) is 69.2. The summed E-state index contributed by atoms with van der Waals surface area (Å²) < 4.78 is 25.7. The number of aromatic nitrogens is 1. The number of ketones is 1. The molecule has 0 spiro atoms. The van der Waals surface area contributed by atoms with Crippen LogP contribution in [0.25, 0.3) is 0 Å². The molecule has 1 aromatic heterocycles. The number of carbonyl (C=O) groups excluding carboxylic acids is 5. The fourth-order valence-electron chi connectivity index (χ4n) is 9.80. The van der Waals surface area contributed by atoms with Crippen molar-refractivity contribution in [1.29, 1.82) is 0 Å². The number of aliphatic hydroxyl groups excluding tert-OH is 3.